The Hall–Kier alpha value is -2.17. The minimum absolute atomic E-state index is 0.0454. The molecule has 25 heavy (non-hydrogen) atoms. The molecule has 0 N–H and O–H groups in total. The molecule has 0 spiro atoms. The maximum Gasteiger partial charge on any atom is 0.310 e. The Morgan fingerprint density at radius 1 is 1.04 bits per heavy atom. The topological polar surface area (TPSA) is 63.7 Å². The number of hydrogen-bond acceptors (Lipinski definition) is 4. The first-order chi connectivity index (χ1) is 12.2. The van der Waals surface area contributed by atoms with Gasteiger partial charge in [0.05, 0.1) is 17.9 Å². The molecule has 0 bridgehead atoms. The minimum Gasteiger partial charge on any atom is -0.461 e. The molecular formula is C20H25NO4. The predicted octanol–water partition coefficient (Wildman–Crippen LogP) is 2.73. The lowest BCUT2D eigenvalue weighted by atomic mass is 9.78. The zero-order valence-corrected chi connectivity index (χ0v) is 14.4. The number of aldehydes is 1. The fraction of sp³-hybridized carbons (Fsp3) is 0.550. The van der Waals surface area contributed by atoms with Crippen LogP contribution in [0.4, 0.5) is 0 Å². The molecule has 2 aliphatic rings. The molecule has 1 saturated heterocycles. The smallest absolute Gasteiger partial charge is 0.310 e. The third-order valence-electron chi connectivity index (χ3n) is 5.35. The molecule has 5 heteroatoms. The summed E-state index contributed by atoms with van der Waals surface area (Å²) in [6.45, 7) is 0.849. The van der Waals surface area contributed by atoms with E-state index in [1.54, 1.807) is 4.90 Å². The molecule has 0 radical (unpaired) electrons. The highest BCUT2D eigenvalue weighted by molar-refractivity contribution is 5.87. The van der Waals surface area contributed by atoms with E-state index in [9.17, 15) is 14.4 Å². The van der Waals surface area contributed by atoms with Crippen LogP contribution in [0.25, 0.3) is 0 Å². The normalized spacial score (nSPS) is 26.2. The Kier molecular flexibility index (Phi) is 5.84. The molecule has 1 heterocycles. The van der Waals surface area contributed by atoms with Crippen molar-refractivity contribution in [3.8, 4) is 0 Å². The van der Waals surface area contributed by atoms with Gasteiger partial charge in [0.2, 0.25) is 5.91 Å². The first-order valence-corrected chi connectivity index (χ1v) is 9.17. The van der Waals surface area contributed by atoms with Crippen molar-refractivity contribution < 1.29 is 19.1 Å². The number of carbonyl (C=O) groups is 3. The fourth-order valence-electron chi connectivity index (χ4n) is 3.96. The summed E-state index contributed by atoms with van der Waals surface area (Å²) < 4.78 is 5.48. The highest BCUT2D eigenvalue weighted by Gasteiger charge is 2.41. The van der Waals surface area contributed by atoms with Gasteiger partial charge in [0.15, 0.2) is 0 Å². The Balaban J connectivity index is 1.64. The van der Waals surface area contributed by atoms with Crippen LogP contribution in [0.1, 0.15) is 44.1 Å². The highest BCUT2D eigenvalue weighted by atomic mass is 16.5. The lowest BCUT2D eigenvalue weighted by Gasteiger charge is -2.33. The number of likely N-dealkylation sites (tertiary alicyclic amines) is 1. The predicted molar refractivity (Wildman–Crippen MR) is 92.5 cm³/mol. The van der Waals surface area contributed by atoms with E-state index in [2.05, 4.69) is 0 Å². The quantitative estimate of drug-likeness (QED) is 0.609. The van der Waals surface area contributed by atoms with E-state index in [0.29, 0.717) is 19.4 Å². The summed E-state index contributed by atoms with van der Waals surface area (Å²) >= 11 is 0. The van der Waals surface area contributed by atoms with Gasteiger partial charge in [-0.25, -0.2) is 0 Å². The van der Waals surface area contributed by atoms with E-state index in [1.165, 1.54) is 0 Å². The summed E-state index contributed by atoms with van der Waals surface area (Å²) in [5.41, 5.74) is 0.940. The number of amides is 1. The molecule has 1 saturated carbocycles. The Labute approximate surface area is 148 Å². The Bertz CT molecular complexity index is 615. The van der Waals surface area contributed by atoms with Crippen molar-refractivity contribution in [3.63, 3.8) is 0 Å². The fourth-order valence-corrected chi connectivity index (χ4v) is 3.96. The molecule has 2 fully saturated rings. The zero-order chi connectivity index (χ0) is 17.6. The second kappa shape index (κ2) is 8.28. The van der Waals surface area contributed by atoms with Gasteiger partial charge in [0.1, 0.15) is 12.9 Å². The van der Waals surface area contributed by atoms with Crippen LogP contribution in [0, 0.1) is 11.8 Å². The van der Waals surface area contributed by atoms with E-state index >= 15 is 0 Å². The van der Waals surface area contributed by atoms with Gasteiger partial charge in [-0.1, -0.05) is 43.2 Å². The van der Waals surface area contributed by atoms with Crippen molar-refractivity contribution in [2.24, 2.45) is 11.8 Å². The van der Waals surface area contributed by atoms with Gasteiger partial charge in [-0.3, -0.25) is 9.59 Å². The molecule has 1 aromatic rings. The van der Waals surface area contributed by atoms with Crippen LogP contribution in [-0.2, 0) is 25.7 Å². The molecule has 1 aromatic carbocycles. The van der Waals surface area contributed by atoms with Gasteiger partial charge in [0.25, 0.3) is 0 Å². The monoisotopic (exact) mass is 343 g/mol. The van der Waals surface area contributed by atoms with Crippen molar-refractivity contribution in [2.45, 2.75) is 51.2 Å². The van der Waals surface area contributed by atoms with Gasteiger partial charge in [-0.2, -0.15) is 0 Å². The Morgan fingerprint density at radius 2 is 1.76 bits per heavy atom. The van der Waals surface area contributed by atoms with Crippen molar-refractivity contribution in [1.82, 2.24) is 4.90 Å². The summed E-state index contributed by atoms with van der Waals surface area (Å²) in [6.07, 6.45) is 5.70. The standard InChI is InChI=1S/C20H25NO4/c22-13-16-9-6-12-21(16)19(23)17-10-4-5-11-18(17)20(24)25-14-15-7-2-1-3-8-15/h1-3,7-8,13,16-18H,4-6,9-12,14H2/t16-,17-,18-/m0/s1. The molecule has 0 unspecified atom stereocenters. The summed E-state index contributed by atoms with van der Waals surface area (Å²) in [7, 11) is 0. The number of esters is 1. The molecule has 1 amide bonds. The van der Waals surface area contributed by atoms with Crippen LogP contribution >= 0.6 is 0 Å². The summed E-state index contributed by atoms with van der Waals surface area (Å²) in [5, 5.41) is 0. The maximum atomic E-state index is 12.9. The molecule has 5 nitrogen and oxygen atoms in total. The molecule has 3 atom stereocenters. The third kappa shape index (κ3) is 4.09. The SMILES string of the molecule is O=C[C@@H]1CCCN1C(=O)[C@H]1CCCC[C@@H]1C(=O)OCc1ccccc1. The van der Waals surface area contributed by atoms with Gasteiger partial charge < -0.3 is 14.4 Å². The lowest BCUT2D eigenvalue weighted by molar-refractivity contribution is -0.158. The van der Waals surface area contributed by atoms with Crippen LogP contribution in [0.2, 0.25) is 0 Å². The van der Waals surface area contributed by atoms with Crippen molar-refractivity contribution in [2.75, 3.05) is 6.54 Å². The molecule has 1 aliphatic heterocycles. The van der Waals surface area contributed by atoms with Crippen LogP contribution < -0.4 is 0 Å². The first kappa shape index (κ1) is 17.6. The minimum atomic E-state index is -0.391. The average molecular weight is 343 g/mol. The number of carbonyl (C=O) groups excluding carboxylic acids is 3. The Morgan fingerprint density at radius 3 is 2.48 bits per heavy atom. The largest absolute Gasteiger partial charge is 0.461 e. The van der Waals surface area contributed by atoms with Crippen LogP contribution in [0.3, 0.4) is 0 Å². The summed E-state index contributed by atoms with van der Waals surface area (Å²) in [5.74, 6) is -1.07. The number of nitrogens with zero attached hydrogens (tertiary/aromatic N) is 1. The van der Waals surface area contributed by atoms with Gasteiger partial charge >= 0.3 is 5.97 Å². The van der Waals surface area contributed by atoms with Crippen molar-refractivity contribution in [1.29, 1.82) is 0 Å². The summed E-state index contributed by atoms with van der Waals surface area (Å²) in [6, 6.07) is 9.23. The van der Waals surface area contributed by atoms with Crippen molar-refractivity contribution in [3.05, 3.63) is 35.9 Å². The van der Waals surface area contributed by atoms with Crippen LogP contribution in [0.15, 0.2) is 30.3 Å². The summed E-state index contributed by atoms with van der Waals surface area (Å²) in [4.78, 5) is 38.4. The van der Waals surface area contributed by atoms with Crippen molar-refractivity contribution >= 4 is 18.2 Å². The number of benzene rings is 1. The van der Waals surface area contributed by atoms with Gasteiger partial charge in [-0.15, -0.1) is 0 Å². The van der Waals surface area contributed by atoms with Gasteiger partial charge in [-0.05, 0) is 31.2 Å². The molecule has 0 aromatic heterocycles. The lowest BCUT2D eigenvalue weighted by Crippen LogP contribution is -2.45. The zero-order valence-electron chi connectivity index (χ0n) is 14.4. The van der Waals surface area contributed by atoms with E-state index in [1.807, 2.05) is 30.3 Å². The average Bonchev–Trinajstić information content (AvgIpc) is 3.15. The second-order valence-corrected chi connectivity index (χ2v) is 6.97. The van der Waals surface area contributed by atoms with E-state index in [4.69, 9.17) is 4.74 Å². The van der Waals surface area contributed by atoms with Crippen LogP contribution in [0.5, 0.6) is 0 Å². The highest BCUT2D eigenvalue weighted by Crippen LogP contribution is 2.34. The molecule has 1 aliphatic carbocycles. The molecule has 3 rings (SSSR count). The number of hydrogen-bond donors (Lipinski definition) is 0. The van der Waals surface area contributed by atoms with E-state index in [0.717, 1.165) is 37.5 Å². The number of ether oxygens (including phenoxy) is 1. The van der Waals surface area contributed by atoms with E-state index in [-0.39, 0.29) is 30.4 Å². The third-order valence-corrected chi connectivity index (χ3v) is 5.35. The molecule has 134 valence electrons. The number of rotatable bonds is 5. The van der Waals surface area contributed by atoms with Gasteiger partial charge in [0, 0.05) is 6.54 Å². The first-order valence-electron chi connectivity index (χ1n) is 9.17. The van der Waals surface area contributed by atoms with Crippen LogP contribution in [-0.4, -0.2) is 35.6 Å². The van der Waals surface area contributed by atoms with E-state index < -0.39 is 5.92 Å². The molecular weight excluding hydrogens is 318 g/mol. The maximum absolute atomic E-state index is 12.9. The second-order valence-electron chi connectivity index (χ2n) is 6.97.